The van der Waals surface area contributed by atoms with E-state index in [9.17, 15) is 9.90 Å². The third kappa shape index (κ3) is 3.22. The monoisotopic (exact) mass is 232 g/mol. The van der Waals surface area contributed by atoms with E-state index >= 15 is 0 Å². The Labute approximate surface area is 101 Å². The van der Waals surface area contributed by atoms with E-state index < -0.39 is 0 Å². The van der Waals surface area contributed by atoms with E-state index in [1.54, 1.807) is 19.1 Å². The molecule has 0 aromatic heterocycles. The summed E-state index contributed by atoms with van der Waals surface area (Å²) >= 11 is 0. The van der Waals surface area contributed by atoms with E-state index in [0.717, 1.165) is 12.0 Å². The molecule has 1 aromatic rings. The Morgan fingerprint density at radius 3 is 2.76 bits per heavy atom. The molecule has 1 amide bonds. The number of carbonyl (C=O) groups excluding carboxylic acids is 1. The van der Waals surface area contributed by atoms with Crippen molar-refractivity contribution in [2.45, 2.75) is 20.3 Å². The number of hydrogen-bond acceptors (Lipinski definition) is 3. The van der Waals surface area contributed by atoms with Crippen LogP contribution in [0.1, 0.15) is 29.3 Å². The van der Waals surface area contributed by atoms with Crippen molar-refractivity contribution in [3.8, 4) is 11.8 Å². The molecule has 0 saturated carbocycles. The number of nitrogens with zero attached hydrogens (tertiary/aromatic N) is 2. The number of aromatic hydroxyl groups is 1. The molecule has 0 spiro atoms. The van der Waals surface area contributed by atoms with Crippen LogP contribution in [0.2, 0.25) is 0 Å². The number of carbonyl (C=O) groups is 1. The molecule has 0 aliphatic rings. The van der Waals surface area contributed by atoms with Crippen molar-refractivity contribution < 1.29 is 9.90 Å². The van der Waals surface area contributed by atoms with E-state index in [1.807, 2.05) is 13.0 Å². The maximum Gasteiger partial charge on any atom is 0.254 e. The zero-order valence-electron chi connectivity index (χ0n) is 10.1. The fourth-order valence-corrected chi connectivity index (χ4v) is 1.53. The van der Waals surface area contributed by atoms with E-state index in [2.05, 4.69) is 0 Å². The number of benzene rings is 1. The van der Waals surface area contributed by atoms with Gasteiger partial charge in [-0.3, -0.25) is 4.79 Å². The molecule has 0 heterocycles. The van der Waals surface area contributed by atoms with Crippen LogP contribution in [0.5, 0.6) is 5.75 Å². The molecule has 1 N–H and O–H groups in total. The Hall–Kier alpha value is -2.02. The van der Waals surface area contributed by atoms with Crippen LogP contribution in [0.15, 0.2) is 18.2 Å². The van der Waals surface area contributed by atoms with Gasteiger partial charge in [0, 0.05) is 12.1 Å². The fourth-order valence-electron chi connectivity index (χ4n) is 1.53. The van der Waals surface area contributed by atoms with Crippen LogP contribution in [-0.2, 0) is 0 Å². The van der Waals surface area contributed by atoms with Gasteiger partial charge in [0.2, 0.25) is 0 Å². The van der Waals surface area contributed by atoms with Crippen molar-refractivity contribution in [1.82, 2.24) is 4.90 Å². The molecule has 4 nitrogen and oxygen atoms in total. The average Bonchev–Trinajstić information content (AvgIpc) is 2.31. The Morgan fingerprint density at radius 2 is 2.24 bits per heavy atom. The maximum atomic E-state index is 12.1. The summed E-state index contributed by atoms with van der Waals surface area (Å²) in [5, 5.41) is 18.2. The lowest BCUT2D eigenvalue weighted by Gasteiger charge is -2.18. The van der Waals surface area contributed by atoms with Crippen molar-refractivity contribution in [2.75, 3.05) is 13.1 Å². The second-order valence-electron chi connectivity index (χ2n) is 3.89. The first kappa shape index (κ1) is 13.0. The second-order valence-corrected chi connectivity index (χ2v) is 3.89. The Balaban J connectivity index is 2.93. The Kier molecular flexibility index (Phi) is 4.53. The van der Waals surface area contributed by atoms with E-state index in [0.29, 0.717) is 12.1 Å². The van der Waals surface area contributed by atoms with Gasteiger partial charge in [-0.05, 0) is 31.0 Å². The van der Waals surface area contributed by atoms with Gasteiger partial charge in [0.05, 0.1) is 6.07 Å². The highest BCUT2D eigenvalue weighted by Gasteiger charge is 2.15. The molecule has 90 valence electrons. The van der Waals surface area contributed by atoms with Crippen molar-refractivity contribution in [1.29, 1.82) is 5.26 Å². The third-order valence-corrected chi connectivity index (χ3v) is 2.50. The summed E-state index contributed by atoms with van der Waals surface area (Å²) in [6, 6.07) is 6.77. The summed E-state index contributed by atoms with van der Waals surface area (Å²) in [7, 11) is 0. The molecule has 0 unspecified atom stereocenters. The molecular weight excluding hydrogens is 216 g/mol. The van der Waals surface area contributed by atoms with Gasteiger partial charge in [-0.25, -0.2) is 0 Å². The molecule has 0 bridgehead atoms. The minimum atomic E-state index is -0.219. The third-order valence-electron chi connectivity index (χ3n) is 2.50. The lowest BCUT2D eigenvalue weighted by molar-refractivity contribution is 0.0775. The molecule has 0 saturated heterocycles. The number of hydrogen-bond donors (Lipinski definition) is 1. The van der Waals surface area contributed by atoms with E-state index in [4.69, 9.17) is 5.26 Å². The highest BCUT2D eigenvalue weighted by molar-refractivity contribution is 5.94. The standard InChI is InChI=1S/C13H16N2O2/c1-3-7-15(8-6-14)13(17)11-5-4-10(2)12(16)9-11/h4-5,9,16H,3,7-8H2,1-2H3. The van der Waals surface area contributed by atoms with Gasteiger partial charge < -0.3 is 10.0 Å². The Morgan fingerprint density at radius 1 is 1.53 bits per heavy atom. The number of amides is 1. The van der Waals surface area contributed by atoms with Gasteiger partial charge in [0.25, 0.3) is 5.91 Å². The summed E-state index contributed by atoms with van der Waals surface area (Å²) in [5.41, 5.74) is 1.14. The van der Waals surface area contributed by atoms with Gasteiger partial charge in [-0.15, -0.1) is 0 Å². The summed E-state index contributed by atoms with van der Waals surface area (Å²) in [5.74, 6) is -0.118. The SMILES string of the molecule is CCCN(CC#N)C(=O)c1ccc(C)c(O)c1. The number of nitriles is 1. The van der Waals surface area contributed by atoms with Crippen molar-refractivity contribution in [3.63, 3.8) is 0 Å². The van der Waals surface area contributed by atoms with Crippen LogP contribution in [0, 0.1) is 18.3 Å². The lowest BCUT2D eigenvalue weighted by Crippen LogP contribution is -2.32. The predicted octanol–water partition coefficient (Wildman–Crippen LogP) is 2.08. The van der Waals surface area contributed by atoms with Gasteiger partial charge >= 0.3 is 0 Å². The smallest absolute Gasteiger partial charge is 0.254 e. The minimum Gasteiger partial charge on any atom is -0.508 e. The van der Waals surface area contributed by atoms with Crippen LogP contribution >= 0.6 is 0 Å². The Bertz CT molecular complexity index is 449. The molecule has 1 aromatic carbocycles. The number of phenolic OH excluding ortho intramolecular Hbond substituents is 1. The van der Waals surface area contributed by atoms with Gasteiger partial charge in [0.1, 0.15) is 12.3 Å². The highest BCUT2D eigenvalue weighted by atomic mass is 16.3. The molecule has 0 aliphatic carbocycles. The zero-order valence-corrected chi connectivity index (χ0v) is 10.1. The predicted molar refractivity (Wildman–Crippen MR) is 64.7 cm³/mol. The molecule has 0 atom stereocenters. The number of aryl methyl sites for hydroxylation is 1. The quantitative estimate of drug-likeness (QED) is 0.808. The zero-order chi connectivity index (χ0) is 12.8. The first-order valence-corrected chi connectivity index (χ1v) is 5.56. The molecule has 4 heteroatoms. The molecule has 17 heavy (non-hydrogen) atoms. The summed E-state index contributed by atoms with van der Waals surface area (Å²) in [6.07, 6.45) is 0.797. The summed E-state index contributed by atoms with van der Waals surface area (Å²) in [6.45, 7) is 4.33. The topological polar surface area (TPSA) is 64.3 Å². The van der Waals surface area contributed by atoms with E-state index in [1.165, 1.54) is 11.0 Å². The first-order valence-electron chi connectivity index (χ1n) is 5.56. The molecule has 0 radical (unpaired) electrons. The minimum absolute atomic E-state index is 0.0707. The second kappa shape index (κ2) is 5.90. The lowest BCUT2D eigenvalue weighted by atomic mass is 10.1. The van der Waals surface area contributed by atoms with Crippen LogP contribution in [0.3, 0.4) is 0 Å². The largest absolute Gasteiger partial charge is 0.508 e. The van der Waals surface area contributed by atoms with Gasteiger partial charge in [-0.1, -0.05) is 13.0 Å². The first-order chi connectivity index (χ1) is 8.10. The van der Waals surface area contributed by atoms with Gasteiger partial charge in [0.15, 0.2) is 0 Å². The molecule has 0 fully saturated rings. The average molecular weight is 232 g/mol. The number of rotatable bonds is 4. The van der Waals surface area contributed by atoms with Crippen molar-refractivity contribution >= 4 is 5.91 Å². The molecule has 0 aliphatic heterocycles. The highest BCUT2D eigenvalue weighted by Crippen LogP contribution is 2.18. The van der Waals surface area contributed by atoms with Crippen molar-refractivity contribution in [2.24, 2.45) is 0 Å². The normalized spacial score (nSPS) is 9.71. The van der Waals surface area contributed by atoms with Crippen LogP contribution < -0.4 is 0 Å². The van der Waals surface area contributed by atoms with Crippen LogP contribution in [0.25, 0.3) is 0 Å². The fraction of sp³-hybridized carbons (Fsp3) is 0.385. The maximum absolute atomic E-state index is 12.1. The van der Waals surface area contributed by atoms with Crippen LogP contribution in [0.4, 0.5) is 0 Å². The summed E-state index contributed by atoms with van der Waals surface area (Å²) in [4.78, 5) is 13.5. The van der Waals surface area contributed by atoms with Crippen molar-refractivity contribution in [3.05, 3.63) is 29.3 Å². The molecule has 1 rings (SSSR count). The van der Waals surface area contributed by atoms with E-state index in [-0.39, 0.29) is 18.2 Å². The number of phenols is 1. The summed E-state index contributed by atoms with van der Waals surface area (Å²) < 4.78 is 0. The van der Waals surface area contributed by atoms with Gasteiger partial charge in [-0.2, -0.15) is 5.26 Å². The van der Waals surface area contributed by atoms with Crippen LogP contribution in [-0.4, -0.2) is 29.0 Å². The molecular formula is C13H16N2O2.